The number of piperazine rings is 1. The molecular weight excluding hydrogens is 296 g/mol. The minimum Gasteiger partial charge on any atom is -0.344 e. The van der Waals surface area contributed by atoms with Crippen molar-refractivity contribution in [3.63, 3.8) is 0 Å². The molecular formula is C16H28N4O3. The summed E-state index contributed by atoms with van der Waals surface area (Å²) < 4.78 is 0. The lowest BCUT2D eigenvalue weighted by molar-refractivity contribution is -0.141. The second kappa shape index (κ2) is 8.29. The van der Waals surface area contributed by atoms with Crippen LogP contribution >= 0.6 is 0 Å². The molecule has 7 heteroatoms. The van der Waals surface area contributed by atoms with Crippen LogP contribution in [0.4, 0.5) is 0 Å². The Morgan fingerprint density at radius 1 is 1.13 bits per heavy atom. The Bertz CT molecular complexity index is 443. The van der Waals surface area contributed by atoms with Crippen LogP contribution in [0.3, 0.4) is 0 Å². The number of rotatable bonds is 6. The van der Waals surface area contributed by atoms with E-state index in [1.807, 2.05) is 4.90 Å². The summed E-state index contributed by atoms with van der Waals surface area (Å²) in [5.74, 6) is 0.109. The first-order valence-electron chi connectivity index (χ1n) is 8.63. The number of amides is 3. The highest BCUT2D eigenvalue weighted by molar-refractivity contribution is 5.91. The van der Waals surface area contributed by atoms with E-state index in [1.165, 1.54) is 0 Å². The van der Waals surface area contributed by atoms with Gasteiger partial charge in [0.2, 0.25) is 17.7 Å². The Morgan fingerprint density at radius 3 is 2.26 bits per heavy atom. The number of hydrogen-bond donors (Lipinski definition) is 1. The average molecular weight is 324 g/mol. The molecule has 0 spiro atoms. The average Bonchev–Trinajstić information content (AvgIpc) is 3.01. The maximum Gasteiger partial charge on any atom is 0.245 e. The Labute approximate surface area is 138 Å². The molecule has 2 aliphatic heterocycles. The fourth-order valence-corrected chi connectivity index (χ4v) is 3.15. The van der Waals surface area contributed by atoms with Crippen molar-refractivity contribution in [1.82, 2.24) is 20.0 Å². The zero-order valence-corrected chi connectivity index (χ0v) is 14.2. The van der Waals surface area contributed by atoms with Crippen LogP contribution in [0.1, 0.15) is 33.1 Å². The van der Waals surface area contributed by atoms with Crippen LogP contribution in [-0.2, 0) is 14.4 Å². The molecule has 0 aliphatic carbocycles. The van der Waals surface area contributed by atoms with E-state index in [0.29, 0.717) is 45.4 Å². The van der Waals surface area contributed by atoms with Crippen LogP contribution in [0.5, 0.6) is 0 Å². The molecule has 2 fully saturated rings. The van der Waals surface area contributed by atoms with Gasteiger partial charge in [-0.3, -0.25) is 14.4 Å². The normalized spacial score (nSPS) is 21.7. The zero-order chi connectivity index (χ0) is 16.8. The topological polar surface area (TPSA) is 73.0 Å². The van der Waals surface area contributed by atoms with Gasteiger partial charge >= 0.3 is 0 Å². The molecule has 0 saturated carbocycles. The molecule has 130 valence electrons. The summed E-state index contributed by atoms with van der Waals surface area (Å²) in [6, 6.07) is -0.368. The van der Waals surface area contributed by atoms with E-state index in [9.17, 15) is 14.4 Å². The molecule has 2 aliphatic rings. The number of carbonyl (C=O) groups is 3. The lowest BCUT2D eigenvalue weighted by atomic mass is 10.2. The van der Waals surface area contributed by atoms with Gasteiger partial charge in [0.25, 0.3) is 0 Å². The molecule has 0 radical (unpaired) electrons. The zero-order valence-electron chi connectivity index (χ0n) is 14.2. The SMILES string of the molecule is CCN(CC)CCC(=O)N1CCN(C(=O)C2CCC(=O)N2)CC1. The number of hydrogen-bond acceptors (Lipinski definition) is 4. The molecule has 0 bridgehead atoms. The molecule has 3 amide bonds. The summed E-state index contributed by atoms with van der Waals surface area (Å²) >= 11 is 0. The summed E-state index contributed by atoms with van der Waals surface area (Å²) in [7, 11) is 0. The van der Waals surface area contributed by atoms with Crippen molar-refractivity contribution in [2.75, 3.05) is 45.8 Å². The molecule has 2 heterocycles. The predicted molar refractivity (Wildman–Crippen MR) is 86.7 cm³/mol. The number of carbonyl (C=O) groups excluding carboxylic acids is 3. The minimum atomic E-state index is -0.368. The summed E-state index contributed by atoms with van der Waals surface area (Å²) in [5, 5.41) is 2.71. The quantitative estimate of drug-likeness (QED) is 0.726. The van der Waals surface area contributed by atoms with Crippen LogP contribution in [0.2, 0.25) is 0 Å². The fraction of sp³-hybridized carbons (Fsp3) is 0.812. The summed E-state index contributed by atoms with van der Waals surface area (Å²) in [5.41, 5.74) is 0. The molecule has 1 N–H and O–H groups in total. The highest BCUT2D eigenvalue weighted by atomic mass is 16.2. The monoisotopic (exact) mass is 324 g/mol. The van der Waals surface area contributed by atoms with Crippen molar-refractivity contribution in [1.29, 1.82) is 0 Å². The second-order valence-electron chi connectivity index (χ2n) is 6.14. The molecule has 2 rings (SSSR count). The number of nitrogens with zero attached hydrogens (tertiary/aromatic N) is 3. The van der Waals surface area contributed by atoms with E-state index in [4.69, 9.17) is 0 Å². The van der Waals surface area contributed by atoms with Gasteiger partial charge in [-0.05, 0) is 19.5 Å². The lowest BCUT2D eigenvalue weighted by Gasteiger charge is -2.36. The van der Waals surface area contributed by atoms with Gasteiger partial charge in [-0.15, -0.1) is 0 Å². The van der Waals surface area contributed by atoms with Gasteiger partial charge in [-0.25, -0.2) is 0 Å². The van der Waals surface area contributed by atoms with Gasteiger partial charge < -0.3 is 20.0 Å². The Morgan fingerprint density at radius 2 is 1.74 bits per heavy atom. The first-order chi connectivity index (χ1) is 11.0. The fourth-order valence-electron chi connectivity index (χ4n) is 3.15. The van der Waals surface area contributed by atoms with Crippen LogP contribution in [0, 0.1) is 0 Å². The molecule has 2 saturated heterocycles. The van der Waals surface area contributed by atoms with Crippen molar-refractivity contribution in [3.8, 4) is 0 Å². The van der Waals surface area contributed by atoms with Gasteiger partial charge in [0, 0.05) is 45.6 Å². The molecule has 23 heavy (non-hydrogen) atoms. The molecule has 1 atom stereocenters. The number of nitrogens with one attached hydrogen (secondary N) is 1. The van der Waals surface area contributed by atoms with Crippen LogP contribution < -0.4 is 5.32 Å². The first-order valence-corrected chi connectivity index (χ1v) is 8.63. The van der Waals surface area contributed by atoms with Crippen LogP contribution in [-0.4, -0.2) is 84.3 Å². The molecule has 0 aromatic rings. The maximum absolute atomic E-state index is 12.3. The standard InChI is InChI=1S/C16H28N4O3/c1-3-18(4-2)8-7-15(22)19-9-11-20(12-10-19)16(23)13-5-6-14(21)17-13/h13H,3-12H2,1-2H3,(H,17,21). The third-order valence-electron chi connectivity index (χ3n) is 4.77. The predicted octanol–water partition coefficient (Wildman–Crippen LogP) is -0.332. The van der Waals surface area contributed by atoms with E-state index in [0.717, 1.165) is 19.6 Å². The third kappa shape index (κ3) is 4.67. The van der Waals surface area contributed by atoms with Crippen molar-refractivity contribution in [2.24, 2.45) is 0 Å². The minimum absolute atomic E-state index is 0.00825. The van der Waals surface area contributed by atoms with E-state index < -0.39 is 0 Å². The summed E-state index contributed by atoms with van der Waals surface area (Å²) in [6.45, 7) is 9.19. The molecule has 0 aromatic carbocycles. The van der Waals surface area contributed by atoms with Crippen molar-refractivity contribution < 1.29 is 14.4 Å². The van der Waals surface area contributed by atoms with Gasteiger partial charge in [0.1, 0.15) is 6.04 Å². The highest BCUT2D eigenvalue weighted by Gasteiger charge is 2.32. The summed E-state index contributed by atoms with van der Waals surface area (Å²) in [4.78, 5) is 41.6. The maximum atomic E-state index is 12.3. The van der Waals surface area contributed by atoms with E-state index in [-0.39, 0.29) is 23.8 Å². The van der Waals surface area contributed by atoms with Gasteiger partial charge in [-0.1, -0.05) is 13.8 Å². The smallest absolute Gasteiger partial charge is 0.245 e. The Balaban J connectivity index is 1.73. The van der Waals surface area contributed by atoms with E-state index >= 15 is 0 Å². The second-order valence-corrected chi connectivity index (χ2v) is 6.14. The third-order valence-corrected chi connectivity index (χ3v) is 4.77. The van der Waals surface area contributed by atoms with Gasteiger partial charge in [0.15, 0.2) is 0 Å². The lowest BCUT2D eigenvalue weighted by Crippen LogP contribution is -2.54. The molecule has 7 nitrogen and oxygen atoms in total. The van der Waals surface area contributed by atoms with Crippen molar-refractivity contribution in [2.45, 2.75) is 39.2 Å². The Hall–Kier alpha value is -1.63. The van der Waals surface area contributed by atoms with Crippen LogP contribution in [0.25, 0.3) is 0 Å². The van der Waals surface area contributed by atoms with Crippen molar-refractivity contribution >= 4 is 17.7 Å². The van der Waals surface area contributed by atoms with Crippen molar-refractivity contribution in [3.05, 3.63) is 0 Å². The highest BCUT2D eigenvalue weighted by Crippen LogP contribution is 2.12. The van der Waals surface area contributed by atoms with Crippen LogP contribution in [0.15, 0.2) is 0 Å². The Kier molecular flexibility index (Phi) is 6.38. The van der Waals surface area contributed by atoms with Gasteiger partial charge in [-0.2, -0.15) is 0 Å². The molecule has 0 aromatic heterocycles. The molecule has 1 unspecified atom stereocenters. The first kappa shape index (κ1) is 17.7. The van der Waals surface area contributed by atoms with E-state index in [1.54, 1.807) is 4.90 Å². The summed E-state index contributed by atoms with van der Waals surface area (Å²) in [6.07, 6.45) is 1.55. The van der Waals surface area contributed by atoms with E-state index in [2.05, 4.69) is 24.1 Å². The largest absolute Gasteiger partial charge is 0.344 e. The van der Waals surface area contributed by atoms with Gasteiger partial charge in [0.05, 0.1) is 0 Å².